The summed E-state index contributed by atoms with van der Waals surface area (Å²) in [6.07, 6.45) is 0. The number of anilines is 1. The summed E-state index contributed by atoms with van der Waals surface area (Å²) in [6.45, 7) is 6.32. The SMILES string of the molecule is Cc1sc(N)c(C(=O)OCC(C)C)c1-c1ccc(Cl)cc1. The van der Waals surface area contributed by atoms with Gasteiger partial charge in [-0.2, -0.15) is 0 Å². The number of esters is 1. The van der Waals surface area contributed by atoms with E-state index >= 15 is 0 Å². The molecule has 5 heteroatoms. The van der Waals surface area contributed by atoms with E-state index in [1.54, 1.807) is 12.1 Å². The standard InChI is InChI=1S/C16H18ClNO2S/c1-9(2)8-20-16(19)14-13(10(3)21-15(14)18)11-4-6-12(17)7-5-11/h4-7,9H,8,18H2,1-3H3. The second kappa shape index (κ2) is 6.50. The van der Waals surface area contributed by atoms with Crippen LogP contribution in [0, 0.1) is 12.8 Å². The molecule has 2 aromatic rings. The normalized spacial score (nSPS) is 10.9. The second-order valence-electron chi connectivity index (χ2n) is 5.27. The molecule has 1 heterocycles. The third kappa shape index (κ3) is 3.57. The number of thiophene rings is 1. The number of ether oxygens (including phenoxy) is 1. The second-order valence-corrected chi connectivity index (χ2v) is 6.96. The molecule has 0 fully saturated rings. The van der Waals surface area contributed by atoms with Crippen LogP contribution in [0.2, 0.25) is 5.02 Å². The molecular formula is C16H18ClNO2S. The Hall–Kier alpha value is -1.52. The highest BCUT2D eigenvalue weighted by molar-refractivity contribution is 7.16. The molecule has 0 amide bonds. The molecule has 0 bridgehead atoms. The summed E-state index contributed by atoms with van der Waals surface area (Å²) >= 11 is 7.32. The van der Waals surface area contributed by atoms with Crippen molar-refractivity contribution in [3.05, 3.63) is 39.7 Å². The van der Waals surface area contributed by atoms with Crippen LogP contribution in [0.3, 0.4) is 0 Å². The Kier molecular flexibility index (Phi) is 4.91. The van der Waals surface area contributed by atoms with Crippen LogP contribution >= 0.6 is 22.9 Å². The summed E-state index contributed by atoms with van der Waals surface area (Å²) in [5.41, 5.74) is 8.22. The molecule has 2 N–H and O–H groups in total. The van der Waals surface area contributed by atoms with Crippen LogP contribution in [0.4, 0.5) is 5.00 Å². The maximum atomic E-state index is 12.3. The van der Waals surface area contributed by atoms with Crippen LogP contribution in [0.1, 0.15) is 29.1 Å². The zero-order valence-corrected chi connectivity index (χ0v) is 13.8. The van der Waals surface area contributed by atoms with E-state index in [1.807, 2.05) is 32.9 Å². The van der Waals surface area contributed by atoms with E-state index < -0.39 is 0 Å². The van der Waals surface area contributed by atoms with Crippen molar-refractivity contribution in [2.45, 2.75) is 20.8 Å². The average Bonchev–Trinajstić information content (AvgIpc) is 2.72. The van der Waals surface area contributed by atoms with Crippen molar-refractivity contribution in [3.8, 4) is 11.1 Å². The smallest absolute Gasteiger partial charge is 0.341 e. The first-order valence-corrected chi connectivity index (χ1v) is 7.91. The van der Waals surface area contributed by atoms with Gasteiger partial charge >= 0.3 is 5.97 Å². The summed E-state index contributed by atoms with van der Waals surface area (Å²) < 4.78 is 5.33. The summed E-state index contributed by atoms with van der Waals surface area (Å²) in [7, 11) is 0. The highest BCUT2D eigenvalue weighted by Gasteiger charge is 2.23. The van der Waals surface area contributed by atoms with Gasteiger partial charge in [0.05, 0.1) is 6.61 Å². The minimum Gasteiger partial charge on any atom is -0.462 e. The lowest BCUT2D eigenvalue weighted by atomic mass is 10.0. The zero-order chi connectivity index (χ0) is 15.6. The van der Waals surface area contributed by atoms with Gasteiger partial charge in [-0.15, -0.1) is 11.3 Å². The van der Waals surface area contributed by atoms with Crippen LogP contribution in [-0.2, 0) is 4.74 Å². The van der Waals surface area contributed by atoms with Gasteiger partial charge in [0, 0.05) is 15.5 Å². The maximum Gasteiger partial charge on any atom is 0.341 e. The van der Waals surface area contributed by atoms with Gasteiger partial charge in [-0.1, -0.05) is 37.6 Å². The molecule has 0 aliphatic carbocycles. The van der Waals surface area contributed by atoms with E-state index in [0.717, 1.165) is 16.0 Å². The number of nitrogen functional groups attached to an aromatic ring is 1. The predicted molar refractivity (Wildman–Crippen MR) is 89.0 cm³/mol. The van der Waals surface area contributed by atoms with Crippen LogP contribution in [0.5, 0.6) is 0 Å². The molecular weight excluding hydrogens is 306 g/mol. The fraction of sp³-hybridized carbons (Fsp3) is 0.312. The largest absolute Gasteiger partial charge is 0.462 e. The van der Waals surface area contributed by atoms with E-state index in [1.165, 1.54) is 11.3 Å². The highest BCUT2D eigenvalue weighted by atomic mass is 35.5. The van der Waals surface area contributed by atoms with E-state index in [0.29, 0.717) is 22.2 Å². The molecule has 0 unspecified atom stereocenters. The first-order chi connectivity index (χ1) is 9.90. The van der Waals surface area contributed by atoms with Crippen molar-refractivity contribution in [3.63, 3.8) is 0 Å². The molecule has 3 nitrogen and oxygen atoms in total. The molecule has 21 heavy (non-hydrogen) atoms. The van der Waals surface area contributed by atoms with Gasteiger partial charge < -0.3 is 10.5 Å². The Morgan fingerprint density at radius 1 is 1.33 bits per heavy atom. The van der Waals surface area contributed by atoms with E-state index in [9.17, 15) is 4.79 Å². The van der Waals surface area contributed by atoms with Gasteiger partial charge in [-0.25, -0.2) is 4.79 Å². The van der Waals surface area contributed by atoms with Gasteiger partial charge in [0.2, 0.25) is 0 Å². The van der Waals surface area contributed by atoms with E-state index in [4.69, 9.17) is 22.1 Å². The monoisotopic (exact) mass is 323 g/mol. The quantitative estimate of drug-likeness (QED) is 0.824. The number of aryl methyl sites for hydroxylation is 1. The fourth-order valence-electron chi connectivity index (χ4n) is 2.05. The van der Waals surface area contributed by atoms with Crippen LogP contribution < -0.4 is 5.73 Å². The number of hydrogen-bond acceptors (Lipinski definition) is 4. The van der Waals surface area contributed by atoms with Crippen molar-refractivity contribution < 1.29 is 9.53 Å². The highest BCUT2D eigenvalue weighted by Crippen LogP contribution is 2.38. The van der Waals surface area contributed by atoms with Crippen molar-refractivity contribution in [2.75, 3.05) is 12.3 Å². The number of benzene rings is 1. The lowest BCUT2D eigenvalue weighted by Gasteiger charge is -2.09. The lowest BCUT2D eigenvalue weighted by Crippen LogP contribution is -2.11. The van der Waals surface area contributed by atoms with Crippen molar-refractivity contribution in [1.29, 1.82) is 0 Å². The molecule has 2 rings (SSSR count). The molecule has 0 radical (unpaired) electrons. The molecule has 112 valence electrons. The summed E-state index contributed by atoms with van der Waals surface area (Å²) in [4.78, 5) is 13.3. The van der Waals surface area contributed by atoms with Gasteiger partial charge in [-0.05, 0) is 30.5 Å². The Labute approximate surface area is 133 Å². The Bertz CT molecular complexity index is 647. The molecule has 1 aromatic carbocycles. The van der Waals surface area contributed by atoms with Gasteiger partial charge in [-0.3, -0.25) is 0 Å². The number of rotatable bonds is 4. The van der Waals surface area contributed by atoms with Gasteiger partial charge in [0.1, 0.15) is 10.6 Å². The first kappa shape index (κ1) is 15.9. The molecule has 0 saturated carbocycles. The molecule has 0 aliphatic rings. The zero-order valence-electron chi connectivity index (χ0n) is 12.3. The Morgan fingerprint density at radius 2 is 1.95 bits per heavy atom. The maximum absolute atomic E-state index is 12.3. The van der Waals surface area contributed by atoms with Crippen LogP contribution in [0.15, 0.2) is 24.3 Å². The van der Waals surface area contributed by atoms with Crippen LogP contribution in [-0.4, -0.2) is 12.6 Å². The molecule has 1 aromatic heterocycles. The number of nitrogens with two attached hydrogens (primary N) is 1. The number of halogens is 1. The number of carbonyl (C=O) groups is 1. The lowest BCUT2D eigenvalue weighted by molar-refractivity contribution is 0.0461. The van der Waals surface area contributed by atoms with E-state index in [2.05, 4.69) is 0 Å². The van der Waals surface area contributed by atoms with Crippen LogP contribution in [0.25, 0.3) is 11.1 Å². The summed E-state index contributed by atoms with van der Waals surface area (Å²) in [5.74, 6) is -0.0793. The molecule has 0 spiro atoms. The number of hydrogen-bond donors (Lipinski definition) is 1. The minimum atomic E-state index is -0.365. The fourth-order valence-corrected chi connectivity index (χ4v) is 3.11. The van der Waals surface area contributed by atoms with Gasteiger partial charge in [0.25, 0.3) is 0 Å². The number of carbonyl (C=O) groups excluding carboxylic acids is 1. The Balaban J connectivity index is 2.42. The molecule has 0 aliphatic heterocycles. The van der Waals surface area contributed by atoms with Crippen molar-refractivity contribution in [1.82, 2.24) is 0 Å². The molecule has 0 atom stereocenters. The van der Waals surface area contributed by atoms with Crippen molar-refractivity contribution in [2.24, 2.45) is 5.92 Å². The Morgan fingerprint density at radius 3 is 2.52 bits per heavy atom. The topological polar surface area (TPSA) is 52.3 Å². The van der Waals surface area contributed by atoms with E-state index in [-0.39, 0.29) is 11.9 Å². The third-order valence-electron chi connectivity index (χ3n) is 3.00. The molecule has 0 saturated heterocycles. The first-order valence-electron chi connectivity index (χ1n) is 6.72. The summed E-state index contributed by atoms with van der Waals surface area (Å²) in [6, 6.07) is 7.37. The van der Waals surface area contributed by atoms with Crippen molar-refractivity contribution >= 4 is 33.9 Å². The minimum absolute atomic E-state index is 0.286. The summed E-state index contributed by atoms with van der Waals surface area (Å²) in [5, 5.41) is 1.15. The predicted octanol–water partition coefficient (Wildman–Crippen LogP) is 4.77. The van der Waals surface area contributed by atoms with Gasteiger partial charge in [0.15, 0.2) is 0 Å². The third-order valence-corrected chi connectivity index (χ3v) is 4.18. The average molecular weight is 324 g/mol.